The molecule has 0 N–H and O–H groups in total. The van der Waals surface area contributed by atoms with Crippen LogP contribution in [0.15, 0.2) is 158 Å². The average molecular weight is 611 g/mol. The largest absolute Gasteiger partial charge is 0.309 e. The van der Waals surface area contributed by atoms with Gasteiger partial charge in [0.1, 0.15) is 6.07 Å². The van der Waals surface area contributed by atoms with Gasteiger partial charge >= 0.3 is 0 Å². The molecule has 9 rings (SSSR count). The van der Waals surface area contributed by atoms with Crippen LogP contribution in [0.3, 0.4) is 0 Å². The highest BCUT2D eigenvalue weighted by molar-refractivity contribution is 6.17. The minimum Gasteiger partial charge on any atom is -0.309 e. The molecule has 0 amide bonds. The highest BCUT2D eigenvalue weighted by Crippen LogP contribution is 2.44. The van der Waals surface area contributed by atoms with E-state index in [1.165, 1.54) is 0 Å². The first-order valence-corrected chi connectivity index (χ1v) is 15.9. The van der Waals surface area contributed by atoms with Gasteiger partial charge in [-0.15, -0.1) is 0 Å². The van der Waals surface area contributed by atoms with Gasteiger partial charge in [-0.2, -0.15) is 10.5 Å². The molecule has 7 aromatic carbocycles. The first kappa shape index (κ1) is 27.4. The molecule has 0 aliphatic carbocycles. The Hall–Kier alpha value is -6.88. The molecule has 222 valence electrons. The first-order valence-electron chi connectivity index (χ1n) is 15.9. The Balaban J connectivity index is 1.40. The third kappa shape index (κ3) is 4.01. The SMILES string of the molecule is N#Cc1cccc(-n2c3ccccc3c3cccc(-c4ccccc4-c4cccc5c6ccccc6n(-c6ccccc6C#N)c45)c32)c1. The highest BCUT2D eigenvalue weighted by Gasteiger charge is 2.22. The lowest BCUT2D eigenvalue weighted by Gasteiger charge is -2.17. The van der Waals surface area contributed by atoms with Gasteiger partial charge in [0, 0.05) is 38.4 Å². The normalized spacial score (nSPS) is 11.3. The molecule has 0 spiro atoms. The molecular weight excluding hydrogens is 585 g/mol. The summed E-state index contributed by atoms with van der Waals surface area (Å²) < 4.78 is 4.54. The van der Waals surface area contributed by atoms with Gasteiger partial charge in [-0.1, -0.05) is 115 Å². The van der Waals surface area contributed by atoms with Gasteiger partial charge in [0.25, 0.3) is 0 Å². The summed E-state index contributed by atoms with van der Waals surface area (Å²) in [6.45, 7) is 0. The smallest absolute Gasteiger partial charge is 0.101 e. The van der Waals surface area contributed by atoms with Crippen LogP contribution in [-0.4, -0.2) is 9.13 Å². The maximum absolute atomic E-state index is 10.2. The number of fused-ring (bicyclic) bond motifs is 6. The van der Waals surface area contributed by atoms with Crippen LogP contribution >= 0.6 is 0 Å². The Morgan fingerprint density at radius 2 is 0.896 bits per heavy atom. The molecule has 2 aromatic heterocycles. The van der Waals surface area contributed by atoms with Gasteiger partial charge in [-0.05, 0) is 53.6 Å². The monoisotopic (exact) mass is 610 g/mol. The second-order valence-corrected chi connectivity index (χ2v) is 11.9. The molecule has 4 heteroatoms. The topological polar surface area (TPSA) is 57.4 Å². The highest BCUT2D eigenvalue weighted by atomic mass is 15.0. The number of nitrogens with zero attached hydrogens (tertiary/aromatic N) is 4. The van der Waals surface area contributed by atoms with Crippen LogP contribution in [0.4, 0.5) is 0 Å². The van der Waals surface area contributed by atoms with Crippen molar-refractivity contribution in [2.75, 3.05) is 0 Å². The van der Waals surface area contributed by atoms with Crippen LogP contribution < -0.4 is 0 Å². The van der Waals surface area contributed by atoms with Crippen LogP contribution in [0.2, 0.25) is 0 Å². The van der Waals surface area contributed by atoms with Gasteiger partial charge in [0.15, 0.2) is 0 Å². The first-order chi connectivity index (χ1) is 23.8. The lowest BCUT2D eigenvalue weighted by Crippen LogP contribution is -1.99. The van der Waals surface area contributed by atoms with E-state index in [9.17, 15) is 10.5 Å². The van der Waals surface area contributed by atoms with Crippen molar-refractivity contribution in [2.24, 2.45) is 0 Å². The Kier molecular flexibility index (Phi) is 6.22. The molecule has 0 fully saturated rings. The minimum atomic E-state index is 0.619. The summed E-state index contributed by atoms with van der Waals surface area (Å²) in [5.74, 6) is 0. The molecule has 0 atom stereocenters. The summed E-state index contributed by atoms with van der Waals surface area (Å²) in [7, 11) is 0. The third-order valence-corrected chi connectivity index (χ3v) is 9.40. The summed E-state index contributed by atoms with van der Waals surface area (Å²) in [5, 5.41) is 24.5. The quantitative estimate of drug-likeness (QED) is 0.199. The van der Waals surface area contributed by atoms with Crippen LogP contribution in [0.5, 0.6) is 0 Å². The number of nitriles is 2. The van der Waals surface area contributed by atoms with Crippen molar-refractivity contribution in [3.8, 4) is 45.8 Å². The third-order valence-electron chi connectivity index (χ3n) is 9.40. The molecule has 48 heavy (non-hydrogen) atoms. The zero-order valence-electron chi connectivity index (χ0n) is 25.8. The second-order valence-electron chi connectivity index (χ2n) is 11.9. The van der Waals surface area contributed by atoms with Gasteiger partial charge in [0.2, 0.25) is 0 Å². The Morgan fingerprint density at radius 3 is 1.54 bits per heavy atom. The maximum atomic E-state index is 10.2. The zero-order valence-corrected chi connectivity index (χ0v) is 25.8. The number of rotatable bonds is 4. The fraction of sp³-hybridized carbons (Fsp3) is 0. The molecule has 2 heterocycles. The van der Waals surface area contributed by atoms with Crippen molar-refractivity contribution in [1.82, 2.24) is 9.13 Å². The van der Waals surface area contributed by atoms with Crippen molar-refractivity contribution in [3.63, 3.8) is 0 Å². The molecule has 0 radical (unpaired) electrons. The summed E-state index contributed by atoms with van der Waals surface area (Å²) in [6, 6.07) is 58.9. The summed E-state index contributed by atoms with van der Waals surface area (Å²) in [6.07, 6.45) is 0. The second kappa shape index (κ2) is 10.9. The number of benzene rings is 7. The predicted molar refractivity (Wildman–Crippen MR) is 195 cm³/mol. The van der Waals surface area contributed by atoms with Gasteiger partial charge < -0.3 is 9.13 Å². The Bertz CT molecular complexity index is 2820. The molecule has 0 aliphatic heterocycles. The van der Waals surface area contributed by atoms with E-state index in [2.05, 4.69) is 137 Å². The van der Waals surface area contributed by atoms with Crippen molar-refractivity contribution < 1.29 is 0 Å². The van der Waals surface area contributed by atoms with Gasteiger partial charge in [-0.25, -0.2) is 0 Å². The minimum absolute atomic E-state index is 0.619. The zero-order chi connectivity index (χ0) is 32.2. The summed E-state index contributed by atoms with van der Waals surface area (Å²) >= 11 is 0. The molecule has 0 aliphatic rings. The standard InChI is InChI=1S/C44H26N4/c45-27-29-12-9-14-31(26-29)47-41-24-7-4-17-34(41)38-21-10-19-36(43(38)47)32-15-2-3-16-33(32)37-20-11-22-39-35-18-5-8-25-42(35)48(44(37)39)40-23-6-1-13-30(40)28-46/h1-26H. The van der Waals surface area contributed by atoms with Crippen LogP contribution in [-0.2, 0) is 0 Å². The van der Waals surface area contributed by atoms with Crippen LogP contribution in [0, 0.1) is 22.7 Å². The van der Waals surface area contributed by atoms with E-state index in [1.54, 1.807) is 0 Å². The maximum Gasteiger partial charge on any atom is 0.101 e. The molecule has 9 aromatic rings. The van der Waals surface area contributed by atoms with E-state index < -0.39 is 0 Å². The number of aromatic nitrogens is 2. The lowest BCUT2D eigenvalue weighted by atomic mass is 9.92. The van der Waals surface area contributed by atoms with E-state index in [0.717, 1.165) is 77.2 Å². The van der Waals surface area contributed by atoms with E-state index in [0.29, 0.717) is 11.1 Å². The van der Waals surface area contributed by atoms with E-state index in [4.69, 9.17) is 0 Å². The van der Waals surface area contributed by atoms with Crippen LogP contribution in [0.1, 0.15) is 11.1 Å². The fourth-order valence-electron chi connectivity index (χ4n) is 7.42. The fourth-order valence-corrected chi connectivity index (χ4v) is 7.42. The molecular formula is C44H26N4. The van der Waals surface area contributed by atoms with Gasteiger partial charge in [0.05, 0.1) is 45.0 Å². The Labute approximate surface area is 277 Å². The van der Waals surface area contributed by atoms with E-state index in [-0.39, 0.29) is 0 Å². The van der Waals surface area contributed by atoms with Crippen molar-refractivity contribution in [1.29, 1.82) is 10.5 Å². The number of hydrogen-bond acceptors (Lipinski definition) is 2. The Morgan fingerprint density at radius 1 is 0.396 bits per heavy atom. The average Bonchev–Trinajstić information content (AvgIpc) is 3.68. The molecule has 0 bridgehead atoms. The lowest BCUT2D eigenvalue weighted by molar-refractivity contribution is 1.17. The van der Waals surface area contributed by atoms with Crippen molar-refractivity contribution in [3.05, 3.63) is 169 Å². The predicted octanol–water partition coefficient (Wildman–Crippen LogP) is 11.0. The van der Waals surface area contributed by atoms with Gasteiger partial charge in [-0.3, -0.25) is 0 Å². The van der Waals surface area contributed by atoms with Crippen LogP contribution in [0.25, 0.3) is 77.2 Å². The van der Waals surface area contributed by atoms with Crippen molar-refractivity contribution >= 4 is 43.6 Å². The summed E-state index contributed by atoms with van der Waals surface area (Å²) in [5.41, 5.74) is 11.7. The summed E-state index contributed by atoms with van der Waals surface area (Å²) in [4.78, 5) is 0. The molecule has 0 saturated carbocycles. The van der Waals surface area contributed by atoms with Crippen molar-refractivity contribution in [2.45, 2.75) is 0 Å². The number of hydrogen-bond donors (Lipinski definition) is 0. The molecule has 0 unspecified atom stereocenters. The van der Waals surface area contributed by atoms with E-state index in [1.807, 2.05) is 42.5 Å². The number of para-hydroxylation sites is 5. The molecule has 4 nitrogen and oxygen atoms in total. The van der Waals surface area contributed by atoms with E-state index >= 15 is 0 Å². The molecule has 0 saturated heterocycles.